The highest BCUT2D eigenvalue weighted by atomic mass is 32.2. The summed E-state index contributed by atoms with van der Waals surface area (Å²) in [6.45, 7) is 14.1. The molecule has 0 amide bonds. The summed E-state index contributed by atoms with van der Waals surface area (Å²) in [7, 11) is -2.69. The minimum Gasteiger partial charge on any atom is -0.385 e. The maximum atomic E-state index is 12.9. The molecule has 0 bridgehead atoms. The lowest BCUT2D eigenvalue weighted by molar-refractivity contribution is 0.112. The first-order chi connectivity index (χ1) is 9.07. The average Bonchev–Trinajstić information content (AvgIpc) is 2.35. The summed E-state index contributed by atoms with van der Waals surface area (Å²) in [5.41, 5.74) is 0.0266. The van der Waals surface area contributed by atoms with Gasteiger partial charge in [-0.1, -0.05) is 43.4 Å². The van der Waals surface area contributed by atoms with E-state index in [0.717, 1.165) is 16.5 Å². The summed E-state index contributed by atoms with van der Waals surface area (Å²) in [4.78, 5) is 0.779. The van der Waals surface area contributed by atoms with Crippen molar-refractivity contribution in [2.75, 3.05) is 0 Å². The maximum Gasteiger partial charge on any atom is 0.0940 e. The van der Waals surface area contributed by atoms with Crippen LogP contribution in [0.5, 0.6) is 0 Å². The largest absolute Gasteiger partial charge is 0.385 e. The highest BCUT2D eigenvalue weighted by Gasteiger charge is 2.37. The molecule has 1 aromatic rings. The van der Waals surface area contributed by atoms with Crippen LogP contribution in [0.25, 0.3) is 0 Å². The Morgan fingerprint density at radius 1 is 1.35 bits per heavy atom. The molecule has 1 aromatic carbocycles. The molecule has 112 valence electrons. The van der Waals surface area contributed by atoms with Gasteiger partial charge >= 0.3 is 0 Å². The van der Waals surface area contributed by atoms with Crippen LogP contribution in [0.3, 0.4) is 0 Å². The van der Waals surface area contributed by atoms with E-state index in [2.05, 4.69) is 26.2 Å². The first kappa shape index (κ1) is 17.3. The molecule has 0 fully saturated rings. The second-order valence-electron chi connectivity index (χ2n) is 6.79. The number of hydrogen-bond donors (Lipinski definition) is 1. The van der Waals surface area contributed by atoms with Gasteiger partial charge in [0.1, 0.15) is 0 Å². The molecule has 1 rings (SSSR count). The number of aliphatic hydroxyl groups is 1. The molecule has 0 heterocycles. The van der Waals surface area contributed by atoms with Gasteiger partial charge in [-0.2, -0.15) is 0 Å². The number of benzene rings is 1. The molecule has 1 unspecified atom stereocenters. The molecule has 3 atom stereocenters. The first-order valence-corrected chi connectivity index (χ1v) is 11.8. The van der Waals surface area contributed by atoms with Crippen LogP contribution < -0.4 is 0 Å². The zero-order valence-corrected chi connectivity index (χ0v) is 15.0. The third kappa shape index (κ3) is 4.68. The fourth-order valence-corrected chi connectivity index (χ4v) is 6.92. The van der Waals surface area contributed by atoms with Gasteiger partial charge in [-0.3, -0.25) is 4.21 Å². The Labute approximate surface area is 126 Å². The smallest absolute Gasteiger partial charge is 0.0940 e. The molecule has 0 radical (unpaired) electrons. The summed E-state index contributed by atoms with van der Waals surface area (Å²) in [5, 5.41) is 10.2. The Kier molecular flexibility index (Phi) is 5.52. The lowest BCUT2D eigenvalue weighted by Gasteiger charge is -2.33. The van der Waals surface area contributed by atoms with Crippen LogP contribution in [0.1, 0.15) is 12.5 Å². The number of hydrogen-bond acceptors (Lipinski definition) is 2. The maximum absolute atomic E-state index is 12.9. The molecule has 1 N–H and O–H groups in total. The lowest BCUT2D eigenvalue weighted by Crippen LogP contribution is -2.44. The average molecular weight is 311 g/mol. The van der Waals surface area contributed by atoms with E-state index in [-0.39, 0.29) is 5.25 Å². The van der Waals surface area contributed by atoms with Gasteiger partial charge in [-0.05, 0) is 32.0 Å². The van der Waals surface area contributed by atoms with E-state index in [9.17, 15) is 9.32 Å². The molecule has 0 aliphatic carbocycles. The van der Waals surface area contributed by atoms with Crippen LogP contribution in [0.4, 0.5) is 0 Å². The molecule has 0 aromatic heterocycles. The molecule has 2 nitrogen and oxygen atoms in total. The van der Waals surface area contributed by atoms with E-state index in [4.69, 9.17) is 0 Å². The van der Waals surface area contributed by atoms with Gasteiger partial charge in [0, 0.05) is 13.0 Å². The second-order valence-corrected chi connectivity index (χ2v) is 14.0. The van der Waals surface area contributed by atoms with Gasteiger partial charge in [-0.25, -0.2) is 0 Å². The molecule has 0 aliphatic heterocycles. The van der Waals surface area contributed by atoms with E-state index in [1.165, 1.54) is 6.08 Å². The molecule has 20 heavy (non-hydrogen) atoms. The topological polar surface area (TPSA) is 37.3 Å². The minimum absolute atomic E-state index is 0.311. The SMILES string of the molecule is C=CC(C)(O)[C@H](C[Si](C)(C)C)[S@@](=O)c1ccc(C)cc1. The van der Waals surface area contributed by atoms with Gasteiger partial charge < -0.3 is 5.11 Å². The molecular formula is C16H26O2SSi. The number of aryl methyl sites for hydroxylation is 1. The highest BCUT2D eigenvalue weighted by Crippen LogP contribution is 2.29. The predicted octanol–water partition coefficient (Wildman–Crippen LogP) is 3.75. The molecule has 0 saturated carbocycles. The Morgan fingerprint density at radius 3 is 2.25 bits per heavy atom. The van der Waals surface area contributed by atoms with E-state index in [0.29, 0.717) is 0 Å². The van der Waals surface area contributed by atoms with Crippen molar-refractivity contribution in [3.8, 4) is 0 Å². The Hall–Kier alpha value is -0.713. The lowest BCUT2D eigenvalue weighted by atomic mass is 10.0. The van der Waals surface area contributed by atoms with E-state index in [1.807, 2.05) is 31.2 Å². The summed E-state index contributed by atoms with van der Waals surface area (Å²) in [5.74, 6) is 0. The molecule has 0 spiro atoms. The van der Waals surface area contributed by atoms with Crippen LogP contribution in [-0.2, 0) is 10.8 Å². The summed E-state index contributed by atoms with van der Waals surface area (Å²) in [6.07, 6.45) is 1.52. The Bertz CT molecular complexity index is 486. The van der Waals surface area contributed by atoms with E-state index >= 15 is 0 Å². The van der Waals surface area contributed by atoms with Gasteiger partial charge in [0.25, 0.3) is 0 Å². The van der Waals surface area contributed by atoms with Gasteiger partial charge in [0.05, 0.1) is 21.7 Å². The molecule has 0 aliphatic rings. The van der Waals surface area contributed by atoms with Crippen molar-refractivity contribution in [1.29, 1.82) is 0 Å². The number of rotatable bonds is 6. The van der Waals surface area contributed by atoms with Crippen LogP contribution >= 0.6 is 0 Å². The second kappa shape index (κ2) is 6.37. The fraction of sp³-hybridized carbons (Fsp3) is 0.500. The van der Waals surface area contributed by atoms with Gasteiger partial charge in [0.2, 0.25) is 0 Å². The van der Waals surface area contributed by atoms with E-state index < -0.39 is 24.5 Å². The molecule has 0 saturated heterocycles. The van der Waals surface area contributed by atoms with Crippen molar-refractivity contribution in [1.82, 2.24) is 0 Å². The zero-order chi connectivity index (χ0) is 15.6. The summed E-state index contributed by atoms with van der Waals surface area (Å²) >= 11 is 0. The first-order valence-electron chi connectivity index (χ1n) is 6.90. The van der Waals surface area contributed by atoms with Crippen molar-refractivity contribution in [3.05, 3.63) is 42.5 Å². The van der Waals surface area contributed by atoms with Crippen LogP contribution in [0.15, 0.2) is 41.8 Å². The van der Waals surface area contributed by atoms with Crippen molar-refractivity contribution in [2.24, 2.45) is 0 Å². The predicted molar refractivity (Wildman–Crippen MR) is 90.3 cm³/mol. The van der Waals surface area contributed by atoms with Crippen LogP contribution in [0, 0.1) is 6.92 Å². The monoisotopic (exact) mass is 310 g/mol. The summed E-state index contributed by atoms with van der Waals surface area (Å²) < 4.78 is 12.9. The minimum atomic E-state index is -1.45. The van der Waals surface area contributed by atoms with Gasteiger partial charge in [-0.15, -0.1) is 6.58 Å². The van der Waals surface area contributed by atoms with Crippen molar-refractivity contribution >= 4 is 18.9 Å². The van der Waals surface area contributed by atoms with Crippen molar-refractivity contribution in [2.45, 2.75) is 55.3 Å². The van der Waals surface area contributed by atoms with Crippen LogP contribution in [0.2, 0.25) is 25.7 Å². The quantitative estimate of drug-likeness (QED) is 0.642. The van der Waals surface area contributed by atoms with Crippen molar-refractivity contribution < 1.29 is 9.32 Å². The van der Waals surface area contributed by atoms with Crippen LogP contribution in [-0.4, -0.2) is 28.2 Å². The van der Waals surface area contributed by atoms with Crippen molar-refractivity contribution in [3.63, 3.8) is 0 Å². The third-order valence-electron chi connectivity index (χ3n) is 3.37. The third-order valence-corrected chi connectivity index (χ3v) is 7.20. The molecule has 4 heteroatoms. The Morgan fingerprint density at radius 2 is 1.85 bits per heavy atom. The van der Waals surface area contributed by atoms with E-state index in [1.54, 1.807) is 6.92 Å². The fourth-order valence-electron chi connectivity index (χ4n) is 2.02. The normalized spacial score (nSPS) is 18.1. The zero-order valence-electron chi connectivity index (χ0n) is 13.1. The van der Waals surface area contributed by atoms with Gasteiger partial charge in [0.15, 0.2) is 0 Å². The summed E-state index contributed by atoms with van der Waals surface area (Å²) in [6, 6.07) is 8.50. The highest BCUT2D eigenvalue weighted by molar-refractivity contribution is 7.86. The standard InChI is InChI=1S/C16H26O2SSi/c1-7-16(3,17)15(12-20(4,5)6)19(18)14-10-8-13(2)9-11-14/h7-11,15,17H,1,12H2,2-6H3/t15-,16?,19-/m0/s1. The molecular weight excluding hydrogens is 284 g/mol. The Balaban J connectivity index is 3.13.